The van der Waals surface area contributed by atoms with Gasteiger partial charge in [0.05, 0.1) is 12.5 Å². The number of carbonyl (C=O) groups excluding carboxylic acids is 3. The van der Waals surface area contributed by atoms with Crippen molar-refractivity contribution in [2.75, 3.05) is 13.2 Å². The number of nitrogens with one attached hydrogen (secondary N) is 1. The van der Waals surface area contributed by atoms with Crippen molar-refractivity contribution in [3.8, 4) is 0 Å². The van der Waals surface area contributed by atoms with Crippen LogP contribution in [0.1, 0.15) is 20.3 Å². The van der Waals surface area contributed by atoms with Gasteiger partial charge in [0.15, 0.2) is 0 Å². The molecule has 5 unspecified atom stereocenters. The van der Waals surface area contributed by atoms with E-state index in [1.54, 1.807) is 0 Å². The molecule has 10 heteroatoms. The van der Waals surface area contributed by atoms with Gasteiger partial charge in [-0.2, -0.15) is 13.2 Å². The fourth-order valence-electron chi connectivity index (χ4n) is 3.16. The minimum Gasteiger partial charge on any atom is -0.460 e. The minimum atomic E-state index is -4.87. The van der Waals surface area contributed by atoms with Gasteiger partial charge in [0.1, 0.15) is 24.4 Å². The molecule has 0 aromatic carbocycles. The Morgan fingerprint density at radius 2 is 2.00 bits per heavy atom. The van der Waals surface area contributed by atoms with E-state index in [9.17, 15) is 27.6 Å². The van der Waals surface area contributed by atoms with Crippen molar-refractivity contribution in [1.82, 2.24) is 5.32 Å². The molecule has 2 rings (SSSR count). The SMILES string of the molecule is C=C(C(=O)OCCNC(=O)OC1C(C)CC2C(=O)OC1C2C)C(F)(F)F. The summed E-state index contributed by atoms with van der Waals surface area (Å²) in [4.78, 5) is 34.7. The molecule has 0 aromatic rings. The number of ether oxygens (including phenoxy) is 3. The Bertz CT molecular complexity index is 605. The van der Waals surface area contributed by atoms with Gasteiger partial charge >= 0.3 is 24.2 Å². The number of carbonyl (C=O) groups is 3. The molecule has 0 radical (unpaired) electrons. The van der Waals surface area contributed by atoms with Crippen molar-refractivity contribution >= 4 is 18.0 Å². The van der Waals surface area contributed by atoms with Gasteiger partial charge in [0.25, 0.3) is 0 Å². The molecule has 1 saturated heterocycles. The van der Waals surface area contributed by atoms with Crippen LogP contribution in [0.5, 0.6) is 0 Å². The van der Waals surface area contributed by atoms with Gasteiger partial charge in [-0.3, -0.25) is 4.79 Å². The van der Waals surface area contributed by atoms with Gasteiger partial charge in [0.2, 0.25) is 0 Å². The summed E-state index contributed by atoms with van der Waals surface area (Å²) < 4.78 is 51.7. The molecule has 26 heavy (non-hydrogen) atoms. The van der Waals surface area contributed by atoms with E-state index in [0.717, 1.165) is 0 Å². The van der Waals surface area contributed by atoms with Gasteiger partial charge in [-0.25, -0.2) is 9.59 Å². The van der Waals surface area contributed by atoms with E-state index in [1.165, 1.54) is 0 Å². The van der Waals surface area contributed by atoms with Crippen molar-refractivity contribution in [1.29, 1.82) is 0 Å². The summed E-state index contributed by atoms with van der Waals surface area (Å²) in [6.45, 7) is 5.60. The first-order valence-corrected chi connectivity index (χ1v) is 8.10. The van der Waals surface area contributed by atoms with Crippen LogP contribution < -0.4 is 5.32 Å². The van der Waals surface area contributed by atoms with Crippen molar-refractivity contribution in [2.24, 2.45) is 17.8 Å². The predicted molar refractivity (Wildman–Crippen MR) is 80.7 cm³/mol. The summed E-state index contributed by atoms with van der Waals surface area (Å²) in [6.07, 6.45) is -6.28. The molecule has 146 valence electrons. The summed E-state index contributed by atoms with van der Waals surface area (Å²) in [5.74, 6) is -2.24. The quantitative estimate of drug-likeness (QED) is 0.340. The zero-order chi connectivity index (χ0) is 19.6. The van der Waals surface area contributed by atoms with Crippen LogP contribution in [-0.4, -0.2) is 49.6 Å². The van der Waals surface area contributed by atoms with Crippen LogP contribution in [0.15, 0.2) is 12.2 Å². The Balaban J connectivity index is 1.75. The lowest BCUT2D eigenvalue weighted by atomic mass is 9.74. The molecule has 2 bridgehead atoms. The molecule has 1 saturated carbocycles. The van der Waals surface area contributed by atoms with E-state index < -0.39 is 42.6 Å². The largest absolute Gasteiger partial charge is 0.460 e. The van der Waals surface area contributed by atoms with E-state index in [0.29, 0.717) is 6.42 Å². The highest BCUT2D eigenvalue weighted by atomic mass is 19.4. The summed E-state index contributed by atoms with van der Waals surface area (Å²) in [6, 6.07) is 0. The van der Waals surface area contributed by atoms with Crippen LogP contribution in [0.2, 0.25) is 0 Å². The van der Waals surface area contributed by atoms with Gasteiger partial charge in [0, 0.05) is 5.92 Å². The fourth-order valence-corrected chi connectivity index (χ4v) is 3.16. The third kappa shape index (κ3) is 4.28. The van der Waals surface area contributed by atoms with E-state index in [1.807, 2.05) is 13.8 Å². The lowest BCUT2D eigenvalue weighted by molar-refractivity contribution is -0.150. The Kier molecular flexibility index (Phi) is 5.82. The first-order valence-electron chi connectivity index (χ1n) is 8.10. The first kappa shape index (κ1) is 20.1. The first-order chi connectivity index (χ1) is 12.0. The summed E-state index contributed by atoms with van der Waals surface area (Å²) in [5, 5.41) is 2.28. The molecule has 1 aliphatic carbocycles. The van der Waals surface area contributed by atoms with Gasteiger partial charge in [-0.15, -0.1) is 0 Å². The standard InChI is InChI=1S/C16H20F3NO6/c1-7-6-10-8(2)12(25-14(10)22)11(7)26-15(23)20-4-5-24-13(21)9(3)16(17,18)19/h7-8,10-12H,3-6H2,1-2H3,(H,20,23). The molecule has 1 heterocycles. The Labute approximate surface area is 147 Å². The average Bonchev–Trinajstić information content (AvgIpc) is 2.74. The summed E-state index contributed by atoms with van der Waals surface area (Å²) in [5.41, 5.74) is -1.62. The number of fused-ring (bicyclic) bond motifs is 2. The third-order valence-electron chi connectivity index (χ3n) is 4.65. The van der Waals surface area contributed by atoms with E-state index in [2.05, 4.69) is 16.6 Å². The lowest BCUT2D eigenvalue weighted by Crippen LogP contribution is -2.46. The average molecular weight is 379 g/mol. The van der Waals surface area contributed by atoms with Crippen molar-refractivity contribution in [3.05, 3.63) is 12.2 Å². The van der Waals surface area contributed by atoms with Crippen molar-refractivity contribution in [3.63, 3.8) is 0 Å². The highest BCUT2D eigenvalue weighted by molar-refractivity contribution is 5.89. The third-order valence-corrected chi connectivity index (χ3v) is 4.65. The maximum atomic E-state index is 12.2. The summed E-state index contributed by atoms with van der Waals surface area (Å²) in [7, 11) is 0. The van der Waals surface area contributed by atoms with E-state index >= 15 is 0 Å². The Morgan fingerprint density at radius 3 is 2.62 bits per heavy atom. The second-order valence-corrected chi connectivity index (χ2v) is 6.49. The van der Waals surface area contributed by atoms with Crippen LogP contribution in [0.4, 0.5) is 18.0 Å². The van der Waals surface area contributed by atoms with Crippen LogP contribution in [-0.2, 0) is 23.8 Å². The molecule has 5 atom stereocenters. The Morgan fingerprint density at radius 1 is 1.35 bits per heavy atom. The highest BCUT2D eigenvalue weighted by Gasteiger charge is 2.53. The molecule has 0 spiro atoms. The molecule has 2 fully saturated rings. The normalized spacial score (nSPS) is 30.3. The van der Waals surface area contributed by atoms with Gasteiger partial charge < -0.3 is 19.5 Å². The lowest BCUT2D eigenvalue weighted by Gasteiger charge is -2.35. The summed E-state index contributed by atoms with van der Waals surface area (Å²) >= 11 is 0. The minimum absolute atomic E-state index is 0.0640. The second kappa shape index (κ2) is 7.55. The topological polar surface area (TPSA) is 90.9 Å². The number of amides is 1. The molecule has 1 N–H and O–H groups in total. The van der Waals surface area contributed by atoms with Crippen LogP contribution in [0.3, 0.4) is 0 Å². The maximum absolute atomic E-state index is 12.2. The number of alkyl carbamates (subject to hydrolysis) is 1. The van der Waals surface area contributed by atoms with E-state index in [-0.39, 0.29) is 30.3 Å². The zero-order valence-electron chi connectivity index (χ0n) is 14.3. The highest BCUT2D eigenvalue weighted by Crippen LogP contribution is 2.43. The van der Waals surface area contributed by atoms with Crippen molar-refractivity contribution < 1.29 is 41.8 Å². The van der Waals surface area contributed by atoms with Crippen LogP contribution >= 0.6 is 0 Å². The fraction of sp³-hybridized carbons (Fsp3) is 0.688. The maximum Gasteiger partial charge on any atom is 0.422 e. The number of esters is 2. The smallest absolute Gasteiger partial charge is 0.422 e. The van der Waals surface area contributed by atoms with Crippen LogP contribution in [0.25, 0.3) is 0 Å². The van der Waals surface area contributed by atoms with Crippen molar-refractivity contribution in [2.45, 2.75) is 38.7 Å². The molecule has 1 amide bonds. The molecular formula is C16H20F3NO6. The van der Waals surface area contributed by atoms with E-state index in [4.69, 9.17) is 9.47 Å². The number of halogens is 3. The second-order valence-electron chi connectivity index (χ2n) is 6.49. The molecule has 0 aromatic heterocycles. The number of rotatable bonds is 5. The molecule has 1 aliphatic heterocycles. The van der Waals surface area contributed by atoms with Gasteiger partial charge in [-0.05, 0) is 12.3 Å². The predicted octanol–water partition coefficient (Wildman–Crippen LogP) is 1.96. The molecule has 7 nitrogen and oxygen atoms in total. The number of hydrogen-bond acceptors (Lipinski definition) is 6. The zero-order valence-corrected chi connectivity index (χ0v) is 14.3. The molecule has 2 aliphatic rings. The number of alkyl halides is 3. The Hall–Kier alpha value is -2.26. The van der Waals surface area contributed by atoms with Crippen LogP contribution in [0, 0.1) is 17.8 Å². The number of hydrogen-bond donors (Lipinski definition) is 1. The van der Waals surface area contributed by atoms with Gasteiger partial charge in [-0.1, -0.05) is 20.4 Å². The molecular weight excluding hydrogens is 359 g/mol. The monoisotopic (exact) mass is 379 g/mol.